The molecule has 0 aliphatic rings. The lowest BCUT2D eigenvalue weighted by Crippen LogP contribution is -2.07. The molecule has 0 spiro atoms. The first-order chi connectivity index (χ1) is 9.30. The molecule has 1 heterocycles. The lowest BCUT2D eigenvalue weighted by molar-refractivity contribution is -0.136. The van der Waals surface area contributed by atoms with Crippen LogP contribution >= 0.6 is 11.3 Å². The number of alkyl halides is 3. The van der Waals surface area contributed by atoms with E-state index in [1.165, 1.54) is 13.0 Å². The van der Waals surface area contributed by atoms with Crippen LogP contribution in [0.4, 0.5) is 17.6 Å². The summed E-state index contributed by atoms with van der Waals surface area (Å²) in [4.78, 5) is 0. The van der Waals surface area contributed by atoms with Crippen molar-refractivity contribution < 1.29 is 17.6 Å². The molecule has 104 valence electrons. The Morgan fingerprint density at radius 2 is 1.40 bits per heavy atom. The highest BCUT2D eigenvalue weighted by molar-refractivity contribution is 7.26. The smallest absolute Gasteiger partial charge is 0.205 e. The number of aryl methyl sites for hydroxylation is 2. The van der Waals surface area contributed by atoms with E-state index in [2.05, 4.69) is 0 Å². The predicted molar refractivity (Wildman–Crippen MR) is 73.8 cm³/mol. The number of halogens is 4. The van der Waals surface area contributed by atoms with E-state index in [1.54, 1.807) is 25.1 Å². The molecule has 0 aliphatic heterocycles. The van der Waals surface area contributed by atoms with E-state index >= 15 is 0 Å². The third-order valence-electron chi connectivity index (χ3n) is 3.43. The Bertz CT molecular complexity index is 827. The first kappa shape index (κ1) is 13.4. The SMILES string of the molecule is Cc1ccc2c(sc3c(C(F)(F)F)c(C)ccc32)c1F. The van der Waals surface area contributed by atoms with Crippen molar-refractivity contribution in [3.63, 3.8) is 0 Å². The third kappa shape index (κ3) is 1.80. The summed E-state index contributed by atoms with van der Waals surface area (Å²) in [6, 6.07) is 6.35. The molecular formula is C15H10F4S. The molecule has 1 aromatic heterocycles. The van der Waals surface area contributed by atoms with E-state index in [0.29, 0.717) is 16.3 Å². The van der Waals surface area contributed by atoms with E-state index in [4.69, 9.17) is 0 Å². The average molecular weight is 298 g/mol. The fraction of sp³-hybridized carbons (Fsp3) is 0.200. The summed E-state index contributed by atoms with van der Waals surface area (Å²) >= 11 is 0.875. The van der Waals surface area contributed by atoms with Crippen molar-refractivity contribution in [2.24, 2.45) is 0 Å². The number of benzene rings is 2. The van der Waals surface area contributed by atoms with Crippen LogP contribution in [0.3, 0.4) is 0 Å². The summed E-state index contributed by atoms with van der Waals surface area (Å²) in [6.07, 6.45) is -4.43. The van der Waals surface area contributed by atoms with E-state index in [1.807, 2.05) is 0 Å². The van der Waals surface area contributed by atoms with Crippen molar-refractivity contribution in [2.45, 2.75) is 20.0 Å². The minimum Gasteiger partial charge on any atom is -0.205 e. The highest BCUT2D eigenvalue weighted by Gasteiger charge is 2.35. The van der Waals surface area contributed by atoms with Gasteiger partial charge in [-0.25, -0.2) is 4.39 Å². The standard InChI is InChI=1S/C15H10F4S/c1-7-3-5-9-10-6-4-8(2)12(16)14(10)20-13(9)11(7)15(17,18)19/h3-6H,1-2H3. The van der Waals surface area contributed by atoms with Crippen molar-refractivity contribution in [1.82, 2.24) is 0 Å². The Labute approximate surface area is 116 Å². The first-order valence-electron chi connectivity index (χ1n) is 5.99. The molecule has 0 saturated carbocycles. The van der Waals surface area contributed by atoms with Crippen molar-refractivity contribution in [2.75, 3.05) is 0 Å². The lowest BCUT2D eigenvalue weighted by Gasteiger charge is -2.10. The lowest BCUT2D eigenvalue weighted by atomic mass is 10.0. The van der Waals surface area contributed by atoms with Crippen molar-refractivity contribution in [3.05, 3.63) is 46.8 Å². The molecule has 0 N–H and O–H groups in total. The third-order valence-corrected chi connectivity index (χ3v) is 4.67. The van der Waals surface area contributed by atoms with Gasteiger partial charge in [-0.3, -0.25) is 0 Å². The second-order valence-corrected chi connectivity index (χ2v) is 5.83. The molecule has 0 fully saturated rings. The van der Waals surface area contributed by atoms with E-state index < -0.39 is 17.6 Å². The summed E-state index contributed by atoms with van der Waals surface area (Å²) in [5.41, 5.74) is -0.0590. The van der Waals surface area contributed by atoms with Gasteiger partial charge in [0.2, 0.25) is 0 Å². The van der Waals surface area contributed by atoms with Crippen LogP contribution in [-0.2, 0) is 6.18 Å². The highest BCUT2D eigenvalue weighted by Crippen LogP contribution is 2.44. The van der Waals surface area contributed by atoms with Gasteiger partial charge in [0.15, 0.2) is 0 Å². The van der Waals surface area contributed by atoms with Crippen LogP contribution in [0.1, 0.15) is 16.7 Å². The predicted octanol–water partition coefficient (Wildman–Crippen LogP) is 5.83. The van der Waals surface area contributed by atoms with Gasteiger partial charge < -0.3 is 0 Å². The maximum Gasteiger partial charge on any atom is 0.418 e. The fourth-order valence-electron chi connectivity index (χ4n) is 2.42. The van der Waals surface area contributed by atoms with Crippen molar-refractivity contribution >= 4 is 31.5 Å². The van der Waals surface area contributed by atoms with Crippen LogP contribution in [0.2, 0.25) is 0 Å². The number of thiophene rings is 1. The summed E-state index contributed by atoms with van der Waals surface area (Å²) in [7, 11) is 0. The van der Waals surface area contributed by atoms with Gasteiger partial charge in [0.25, 0.3) is 0 Å². The van der Waals surface area contributed by atoms with Crippen LogP contribution in [0.5, 0.6) is 0 Å². The van der Waals surface area contributed by atoms with Gasteiger partial charge in [0, 0.05) is 15.5 Å². The highest BCUT2D eigenvalue weighted by atomic mass is 32.1. The Hall–Kier alpha value is -1.62. The molecule has 2 aromatic carbocycles. The minimum atomic E-state index is -4.43. The van der Waals surface area contributed by atoms with Gasteiger partial charge >= 0.3 is 6.18 Å². The second kappa shape index (κ2) is 4.19. The van der Waals surface area contributed by atoms with Gasteiger partial charge in [-0.05, 0) is 25.0 Å². The van der Waals surface area contributed by atoms with Gasteiger partial charge in [-0.15, -0.1) is 11.3 Å². The van der Waals surface area contributed by atoms with Gasteiger partial charge in [0.1, 0.15) is 5.82 Å². The quantitative estimate of drug-likeness (QED) is 0.458. The maximum absolute atomic E-state index is 14.1. The van der Waals surface area contributed by atoms with Crippen LogP contribution in [0.25, 0.3) is 20.2 Å². The zero-order chi connectivity index (χ0) is 14.7. The van der Waals surface area contributed by atoms with E-state index in [0.717, 1.165) is 11.3 Å². The zero-order valence-electron chi connectivity index (χ0n) is 10.7. The largest absolute Gasteiger partial charge is 0.418 e. The molecule has 0 saturated heterocycles. The van der Waals surface area contributed by atoms with Gasteiger partial charge in [0.05, 0.1) is 10.3 Å². The molecule has 0 radical (unpaired) electrons. The summed E-state index contributed by atoms with van der Waals surface area (Å²) in [5, 5.41) is 1.00. The maximum atomic E-state index is 14.1. The van der Waals surface area contributed by atoms with Crippen molar-refractivity contribution in [3.8, 4) is 0 Å². The normalized spacial score (nSPS) is 12.5. The second-order valence-electron chi connectivity index (χ2n) is 4.81. The average Bonchev–Trinajstić information content (AvgIpc) is 2.71. The van der Waals surface area contributed by atoms with Crippen molar-refractivity contribution in [1.29, 1.82) is 0 Å². The molecule has 3 aromatic rings. The Kier molecular flexibility index (Phi) is 2.80. The molecule has 20 heavy (non-hydrogen) atoms. The molecule has 0 unspecified atom stereocenters. The topological polar surface area (TPSA) is 0 Å². The molecule has 0 aliphatic carbocycles. The number of hydrogen-bond donors (Lipinski definition) is 0. The van der Waals surface area contributed by atoms with Gasteiger partial charge in [-0.1, -0.05) is 24.3 Å². The summed E-state index contributed by atoms with van der Waals surface area (Å²) in [6.45, 7) is 3.03. The fourth-order valence-corrected chi connectivity index (χ4v) is 3.83. The molecule has 0 atom stereocenters. The van der Waals surface area contributed by atoms with Crippen LogP contribution < -0.4 is 0 Å². The van der Waals surface area contributed by atoms with Gasteiger partial charge in [-0.2, -0.15) is 13.2 Å². The number of fused-ring (bicyclic) bond motifs is 3. The van der Waals surface area contributed by atoms with E-state index in [9.17, 15) is 17.6 Å². The molecule has 0 bridgehead atoms. The van der Waals surface area contributed by atoms with Crippen LogP contribution in [0.15, 0.2) is 24.3 Å². The molecule has 3 rings (SSSR count). The molecular weight excluding hydrogens is 288 g/mol. The molecule has 5 heteroatoms. The monoisotopic (exact) mass is 298 g/mol. The summed E-state index contributed by atoms with van der Waals surface area (Å²) in [5.74, 6) is -0.436. The number of hydrogen-bond acceptors (Lipinski definition) is 1. The summed E-state index contributed by atoms with van der Waals surface area (Å²) < 4.78 is 54.1. The molecule has 0 nitrogen and oxygen atoms in total. The molecule has 0 amide bonds. The Morgan fingerprint density at radius 3 is 2.00 bits per heavy atom. The van der Waals surface area contributed by atoms with Crippen LogP contribution in [0, 0.1) is 19.7 Å². The zero-order valence-corrected chi connectivity index (χ0v) is 11.5. The first-order valence-corrected chi connectivity index (χ1v) is 6.80. The Morgan fingerprint density at radius 1 is 0.850 bits per heavy atom. The van der Waals surface area contributed by atoms with Crippen LogP contribution in [-0.4, -0.2) is 0 Å². The minimum absolute atomic E-state index is 0.108. The Balaban J connectivity index is 2.54. The number of rotatable bonds is 0. The van der Waals surface area contributed by atoms with E-state index in [-0.39, 0.29) is 15.0 Å².